The third kappa shape index (κ3) is 2.49. The number of carbonyl (C=O) groups excluding carboxylic acids is 1. The van der Waals surface area contributed by atoms with Gasteiger partial charge in [-0.25, -0.2) is 4.79 Å². The van der Waals surface area contributed by atoms with Gasteiger partial charge in [-0.1, -0.05) is 36.4 Å². The molecule has 3 rings (SSSR count). The second-order valence-electron chi connectivity index (χ2n) is 4.69. The largest absolute Gasteiger partial charge is 0.384 e. The van der Waals surface area contributed by atoms with Crippen LogP contribution in [0.25, 0.3) is 12.4 Å². The molecule has 0 fully saturated rings. The zero-order valence-corrected chi connectivity index (χ0v) is 11.2. The van der Waals surface area contributed by atoms with E-state index in [0.29, 0.717) is 11.3 Å². The van der Waals surface area contributed by atoms with Gasteiger partial charge in [-0.3, -0.25) is 10.3 Å². The summed E-state index contributed by atoms with van der Waals surface area (Å²) in [5.41, 5.74) is 6.74. The normalized spacial score (nSPS) is 13.3. The van der Waals surface area contributed by atoms with E-state index in [4.69, 9.17) is 11.1 Å². The molecule has 2 amide bonds. The molecule has 104 valence electrons. The molecule has 0 spiro atoms. The first-order valence-corrected chi connectivity index (χ1v) is 6.46. The smallest absolute Gasteiger partial charge is 0.330 e. The fourth-order valence-corrected chi connectivity index (χ4v) is 2.18. The van der Waals surface area contributed by atoms with Crippen LogP contribution in [-0.2, 0) is 0 Å². The molecule has 1 aliphatic rings. The molecular formula is C16H14N4O. The molecule has 0 aliphatic carbocycles. The molecule has 2 aromatic rings. The lowest BCUT2D eigenvalue weighted by Gasteiger charge is -2.17. The standard InChI is InChI=1S/C16H14N4O/c17-15(18)11-6-3-7-14(8-11)20-10-13-5-2-1-4-12(13)9-19-16(20)21/h1-10H,(H3,17,18)(H,19,21). The number of rotatable bonds is 2. The van der Waals surface area contributed by atoms with Crippen LogP contribution < -0.4 is 26.4 Å². The first-order valence-electron chi connectivity index (χ1n) is 6.46. The quantitative estimate of drug-likeness (QED) is 0.557. The predicted octanol–water partition coefficient (Wildman–Crippen LogP) is 0.676. The van der Waals surface area contributed by atoms with E-state index in [-0.39, 0.29) is 11.9 Å². The monoisotopic (exact) mass is 278 g/mol. The lowest BCUT2D eigenvalue weighted by atomic mass is 10.1. The number of amidine groups is 1. The van der Waals surface area contributed by atoms with Crippen LogP contribution in [-0.4, -0.2) is 11.9 Å². The van der Waals surface area contributed by atoms with Crippen LogP contribution in [0.15, 0.2) is 48.5 Å². The number of hydrogen-bond donors (Lipinski definition) is 3. The number of carbonyl (C=O) groups is 1. The number of urea groups is 1. The number of nitrogens with zero attached hydrogens (tertiary/aromatic N) is 1. The zero-order chi connectivity index (χ0) is 14.8. The van der Waals surface area contributed by atoms with E-state index in [1.54, 1.807) is 36.7 Å². The molecule has 5 heteroatoms. The van der Waals surface area contributed by atoms with Crippen LogP contribution in [0, 0.1) is 5.41 Å². The third-order valence-electron chi connectivity index (χ3n) is 3.27. The van der Waals surface area contributed by atoms with Crippen molar-refractivity contribution in [1.82, 2.24) is 5.32 Å². The predicted molar refractivity (Wildman–Crippen MR) is 83.1 cm³/mol. The van der Waals surface area contributed by atoms with Gasteiger partial charge in [0.05, 0.1) is 5.69 Å². The average Bonchev–Trinajstić information content (AvgIpc) is 2.67. The Morgan fingerprint density at radius 2 is 1.86 bits per heavy atom. The van der Waals surface area contributed by atoms with Crippen LogP contribution in [0.3, 0.4) is 0 Å². The summed E-state index contributed by atoms with van der Waals surface area (Å²) >= 11 is 0. The lowest BCUT2D eigenvalue weighted by molar-refractivity contribution is 0.253. The van der Waals surface area contributed by atoms with E-state index in [2.05, 4.69) is 5.32 Å². The topological polar surface area (TPSA) is 82.2 Å². The summed E-state index contributed by atoms with van der Waals surface area (Å²) in [5.74, 6) is -0.0287. The van der Waals surface area contributed by atoms with Crippen molar-refractivity contribution < 1.29 is 4.79 Å². The van der Waals surface area contributed by atoms with Crippen molar-refractivity contribution in [2.24, 2.45) is 5.73 Å². The van der Waals surface area contributed by atoms with Crippen LogP contribution in [0.4, 0.5) is 10.5 Å². The fraction of sp³-hybridized carbons (Fsp3) is 0. The molecule has 1 aliphatic heterocycles. The molecule has 0 unspecified atom stereocenters. The van der Waals surface area contributed by atoms with Crippen molar-refractivity contribution in [3.8, 4) is 0 Å². The highest BCUT2D eigenvalue weighted by molar-refractivity contribution is 6.02. The molecule has 0 saturated carbocycles. The Bertz CT molecular complexity index is 841. The number of nitrogens with one attached hydrogen (secondary N) is 2. The summed E-state index contributed by atoms with van der Waals surface area (Å²) in [4.78, 5) is 13.7. The highest BCUT2D eigenvalue weighted by Gasteiger charge is 2.14. The van der Waals surface area contributed by atoms with Crippen molar-refractivity contribution in [2.45, 2.75) is 0 Å². The number of anilines is 1. The summed E-state index contributed by atoms with van der Waals surface area (Å²) in [6.45, 7) is 0. The number of fused-ring (bicyclic) bond motifs is 1. The van der Waals surface area contributed by atoms with Crippen LogP contribution in [0.1, 0.15) is 5.56 Å². The van der Waals surface area contributed by atoms with Gasteiger partial charge < -0.3 is 11.1 Å². The van der Waals surface area contributed by atoms with Crippen molar-refractivity contribution >= 4 is 30.0 Å². The molecule has 0 bridgehead atoms. The van der Waals surface area contributed by atoms with Crippen molar-refractivity contribution in [3.63, 3.8) is 0 Å². The molecule has 2 aromatic carbocycles. The Balaban J connectivity index is 2.14. The minimum atomic E-state index is -0.257. The van der Waals surface area contributed by atoms with Gasteiger partial charge in [-0.05, 0) is 22.6 Å². The number of hydrogen-bond acceptors (Lipinski definition) is 2. The van der Waals surface area contributed by atoms with Gasteiger partial charge in [-0.2, -0.15) is 0 Å². The van der Waals surface area contributed by atoms with Crippen LogP contribution >= 0.6 is 0 Å². The highest BCUT2D eigenvalue weighted by atomic mass is 16.2. The van der Waals surface area contributed by atoms with Gasteiger partial charge in [0, 0.05) is 18.0 Å². The first kappa shape index (κ1) is 12.9. The summed E-state index contributed by atoms with van der Waals surface area (Å²) in [6, 6.07) is 14.5. The van der Waals surface area contributed by atoms with Gasteiger partial charge in [0.25, 0.3) is 0 Å². The molecule has 4 N–H and O–H groups in total. The van der Waals surface area contributed by atoms with E-state index in [1.165, 1.54) is 4.90 Å². The summed E-state index contributed by atoms with van der Waals surface area (Å²) in [6.07, 6.45) is 3.45. The molecule has 0 atom stereocenters. The maximum Gasteiger partial charge on any atom is 0.330 e. The molecule has 0 saturated heterocycles. The minimum absolute atomic E-state index is 0.0287. The Hall–Kier alpha value is -3.08. The van der Waals surface area contributed by atoms with E-state index in [9.17, 15) is 4.79 Å². The van der Waals surface area contributed by atoms with Gasteiger partial charge in [0.15, 0.2) is 0 Å². The molecule has 0 aromatic heterocycles. The van der Waals surface area contributed by atoms with Crippen LogP contribution in [0.5, 0.6) is 0 Å². The van der Waals surface area contributed by atoms with E-state index in [0.717, 1.165) is 10.4 Å². The molecule has 0 radical (unpaired) electrons. The second kappa shape index (κ2) is 5.13. The van der Waals surface area contributed by atoms with E-state index < -0.39 is 0 Å². The van der Waals surface area contributed by atoms with Gasteiger partial charge in [0.2, 0.25) is 0 Å². The number of nitrogens with two attached hydrogens (primary N) is 1. The molecule has 1 heterocycles. The number of amides is 2. The number of nitrogen functional groups attached to an aromatic ring is 1. The SMILES string of the molecule is N=C(N)c1cccc(N2C=c3ccccc3=CNC2=O)c1. The van der Waals surface area contributed by atoms with E-state index in [1.807, 2.05) is 24.3 Å². The fourth-order valence-electron chi connectivity index (χ4n) is 2.18. The second-order valence-corrected chi connectivity index (χ2v) is 4.69. The third-order valence-corrected chi connectivity index (χ3v) is 3.27. The van der Waals surface area contributed by atoms with Crippen molar-refractivity contribution in [2.75, 3.05) is 4.90 Å². The Labute approximate surface area is 121 Å². The number of benzene rings is 2. The highest BCUT2D eigenvalue weighted by Crippen LogP contribution is 2.17. The maximum atomic E-state index is 12.2. The van der Waals surface area contributed by atoms with Gasteiger partial charge in [-0.15, -0.1) is 0 Å². The van der Waals surface area contributed by atoms with Gasteiger partial charge >= 0.3 is 6.03 Å². The van der Waals surface area contributed by atoms with Crippen molar-refractivity contribution in [1.29, 1.82) is 5.41 Å². The van der Waals surface area contributed by atoms with Gasteiger partial charge in [0.1, 0.15) is 5.84 Å². The average molecular weight is 278 g/mol. The van der Waals surface area contributed by atoms with E-state index >= 15 is 0 Å². The summed E-state index contributed by atoms with van der Waals surface area (Å²) in [7, 11) is 0. The first-order chi connectivity index (χ1) is 10.1. The zero-order valence-electron chi connectivity index (χ0n) is 11.2. The Kier molecular flexibility index (Phi) is 3.16. The molecule has 21 heavy (non-hydrogen) atoms. The molecular weight excluding hydrogens is 264 g/mol. The lowest BCUT2D eigenvalue weighted by Crippen LogP contribution is -2.32. The minimum Gasteiger partial charge on any atom is -0.384 e. The summed E-state index contributed by atoms with van der Waals surface area (Å²) in [5, 5.41) is 12.1. The van der Waals surface area contributed by atoms with Crippen LogP contribution in [0.2, 0.25) is 0 Å². The Morgan fingerprint density at radius 3 is 2.62 bits per heavy atom. The summed E-state index contributed by atoms with van der Waals surface area (Å²) < 4.78 is 0. The Morgan fingerprint density at radius 1 is 1.10 bits per heavy atom. The van der Waals surface area contributed by atoms with Crippen molar-refractivity contribution in [3.05, 3.63) is 64.5 Å². The maximum absolute atomic E-state index is 12.2. The molecule has 5 nitrogen and oxygen atoms in total.